The van der Waals surface area contributed by atoms with E-state index in [1.165, 1.54) is 24.3 Å². The van der Waals surface area contributed by atoms with Crippen LogP contribution in [0, 0.1) is 0 Å². The van der Waals surface area contributed by atoms with Crippen molar-refractivity contribution in [1.29, 1.82) is 0 Å². The van der Waals surface area contributed by atoms with Gasteiger partial charge in [-0.3, -0.25) is 9.59 Å². The molecular formula is C10H14N2O4. The van der Waals surface area contributed by atoms with E-state index in [1.54, 1.807) is 0 Å². The Morgan fingerprint density at radius 1 is 1.56 bits per heavy atom. The maximum absolute atomic E-state index is 11.8. The van der Waals surface area contributed by atoms with Gasteiger partial charge in [-0.2, -0.15) is 0 Å². The van der Waals surface area contributed by atoms with Crippen molar-refractivity contribution >= 4 is 11.9 Å². The summed E-state index contributed by atoms with van der Waals surface area (Å²) in [5, 5.41) is 3.55. The summed E-state index contributed by atoms with van der Waals surface area (Å²) in [6.45, 7) is 2.65. The first-order chi connectivity index (χ1) is 7.69. The van der Waals surface area contributed by atoms with Crippen molar-refractivity contribution in [2.24, 2.45) is 0 Å². The van der Waals surface area contributed by atoms with Crippen LogP contribution in [-0.2, 0) is 9.53 Å². The summed E-state index contributed by atoms with van der Waals surface area (Å²) >= 11 is 0. The van der Waals surface area contributed by atoms with Crippen molar-refractivity contribution in [3.63, 3.8) is 0 Å². The lowest BCUT2D eigenvalue weighted by molar-refractivity contribution is -0.140. The average Bonchev–Trinajstić information content (AvgIpc) is 2.82. The van der Waals surface area contributed by atoms with Crippen LogP contribution in [-0.4, -0.2) is 42.1 Å². The van der Waals surface area contributed by atoms with E-state index in [4.69, 9.17) is 0 Å². The van der Waals surface area contributed by atoms with Crippen LogP contribution in [0.2, 0.25) is 0 Å². The van der Waals surface area contributed by atoms with Gasteiger partial charge in [0.2, 0.25) is 0 Å². The third kappa shape index (κ3) is 3.08. The Hall–Kier alpha value is -1.85. The number of nitrogens with zero attached hydrogens (tertiary/aromatic N) is 2. The fourth-order valence-electron chi connectivity index (χ4n) is 1.22. The number of methoxy groups -OCH3 is 1. The Morgan fingerprint density at radius 3 is 2.81 bits per heavy atom. The number of esters is 1. The third-order valence-corrected chi connectivity index (χ3v) is 2.14. The van der Waals surface area contributed by atoms with Crippen molar-refractivity contribution < 1.29 is 18.8 Å². The van der Waals surface area contributed by atoms with Crippen molar-refractivity contribution in [3.05, 3.63) is 18.0 Å². The van der Waals surface area contributed by atoms with Crippen LogP contribution in [0.15, 0.2) is 16.9 Å². The maximum atomic E-state index is 11.8. The lowest BCUT2D eigenvalue weighted by atomic mass is 10.3. The quantitative estimate of drug-likeness (QED) is 0.691. The highest BCUT2D eigenvalue weighted by Crippen LogP contribution is 2.03. The second-order valence-electron chi connectivity index (χ2n) is 3.10. The molecule has 0 aromatic carbocycles. The Bertz CT molecular complexity index is 348. The standard InChI is InChI=1S/C10H14N2O4/c1-3-12(6-4-9(13)15-2)10(14)8-5-7-16-11-8/h5,7H,3-4,6H2,1-2H3. The normalized spacial score (nSPS) is 9.88. The maximum Gasteiger partial charge on any atom is 0.307 e. The largest absolute Gasteiger partial charge is 0.469 e. The smallest absolute Gasteiger partial charge is 0.307 e. The van der Waals surface area contributed by atoms with Gasteiger partial charge in [-0.25, -0.2) is 0 Å². The third-order valence-electron chi connectivity index (χ3n) is 2.14. The summed E-state index contributed by atoms with van der Waals surface area (Å²) in [4.78, 5) is 24.2. The molecule has 1 rings (SSSR count). The predicted molar refractivity (Wildman–Crippen MR) is 54.7 cm³/mol. The van der Waals surface area contributed by atoms with E-state index in [0.29, 0.717) is 13.1 Å². The summed E-state index contributed by atoms with van der Waals surface area (Å²) in [5.74, 6) is -0.591. The number of aromatic nitrogens is 1. The Balaban J connectivity index is 2.54. The van der Waals surface area contributed by atoms with Gasteiger partial charge in [0.15, 0.2) is 5.69 Å². The van der Waals surface area contributed by atoms with Crippen LogP contribution in [0.1, 0.15) is 23.8 Å². The number of carbonyl (C=O) groups is 2. The van der Waals surface area contributed by atoms with Crippen LogP contribution in [0.25, 0.3) is 0 Å². The fourth-order valence-corrected chi connectivity index (χ4v) is 1.22. The molecule has 1 amide bonds. The highest BCUT2D eigenvalue weighted by Gasteiger charge is 2.17. The van der Waals surface area contributed by atoms with Crippen LogP contribution in [0.4, 0.5) is 0 Å². The van der Waals surface area contributed by atoms with Gasteiger partial charge in [-0.05, 0) is 6.92 Å². The first-order valence-corrected chi connectivity index (χ1v) is 4.95. The lowest BCUT2D eigenvalue weighted by Crippen LogP contribution is -2.33. The topological polar surface area (TPSA) is 72.6 Å². The molecule has 0 saturated heterocycles. The van der Waals surface area contributed by atoms with Crippen molar-refractivity contribution in [3.8, 4) is 0 Å². The van der Waals surface area contributed by atoms with Gasteiger partial charge in [0.25, 0.3) is 5.91 Å². The van der Waals surface area contributed by atoms with Gasteiger partial charge < -0.3 is 14.2 Å². The van der Waals surface area contributed by atoms with Crippen molar-refractivity contribution in [1.82, 2.24) is 10.1 Å². The van der Waals surface area contributed by atoms with Gasteiger partial charge in [0.1, 0.15) is 6.26 Å². The van der Waals surface area contributed by atoms with E-state index >= 15 is 0 Å². The minimum absolute atomic E-state index is 0.175. The van der Waals surface area contributed by atoms with Crippen LogP contribution in [0.5, 0.6) is 0 Å². The molecule has 0 unspecified atom stereocenters. The molecule has 6 nitrogen and oxygen atoms in total. The number of ether oxygens (including phenoxy) is 1. The molecule has 1 aromatic rings. The molecule has 0 aliphatic carbocycles. The molecule has 0 aliphatic heterocycles. The molecule has 6 heteroatoms. The van der Waals surface area contributed by atoms with Gasteiger partial charge in [-0.1, -0.05) is 5.16 Å². The van der Waals surface area contributed by atoms with Gasteiger partial charge >= 0.3 is 5.97 Å². The Kier molecular flexibility index (Phi) is 4.50. The highest BCUT2D eigenvalue weighted by atomic mass is 16.5. The fraction of sp³-hybridized carbons (Fsp3) is 0.500. The molecule has 0 bridgehead atoms. The van der Waals surface area contributed by atoms with E-state index in [9.17, 15) is 9.59 Å². The minimum Gasteiger partial charge on any atom is -0.469 e. The van der Waals surface area contributed by atoms with Gasteiger partial charge in [0, 0.05) is 19.2 Å². The number of hydrogen-bond donors (Lipinski definition) is 0. The zero-order valence-corrected chi connectivity index (χ0v) is 9.30. The molecule has 0 atom stereocenters. The monoisotopic (exact) mass is 226 g/mol. The summed E-state index contributed by atoms with van der Waals surface area (Å²) in [5.41, 5.74) is 0.242. The SMILES string of the molecule is CCN(CCC(=O)OC)C(=O)c1ccon1. The molecule has 16 heavy (non-hydrogen) atoms. The van der Waals surface area contributed by atoms with E-state index < -0.39 is 0 Å². The van der Waals surface area contributed by atoms with E-state index in [1.807, 2.05) is 6.92 Å². The van der Waals surface area contributed by atoms with Crippen LogP contribution >= 0.6 is 0 Å². The number of carbonyl (C=O) groups excluding carboxylic acids is 2. The van der Waals surface area contributed by atoms with Gasteiger partial charge in [0.05, 0.1) is 13.5 Å². The molecule has 0 saturated carbocycles. The first kappa shape index (κ1) is 12.2. The number of hydrogen-bond acceptors (Lipinski definition) is 5. The second kappa shape index (κ2) is 5.89. The summed E-state index contributed by atoms with van der Waals surface area (Å²) < 4.78 is 9.09. The summed E-state index contributed by atoms with van der Waals surface area (Å²) in [6, 6.07) is 1.49. The average molecular weight is 226 g/mol. The molecule has 0 aliphatic rings. The van der Waals surface area contributed by atoms with Crippen LogP contribution in [0.3, 0.4) is 0 Å². The Labute approximate surface area is 93.1 Å². The summed E-state index contributed by atoms with van der Waals surface area (Å²) in [7, 11) is 1.32. The van der Waals surface area contributed by atoms with E-state index in [2.05, 4.69) is 14.4 Å². The first-order valence-electron chi connectivity index (χ1n) is 4.95. The minimum atomic E-state index is -0.341. The Morgan fingerprint density at radius 2 is 2.31 bits per heavy atom. The van der Waals surface area contributed by atoms with Gasteiger partial charge in [-0.15, -0.1) is 0 Å². The number of amides is 1. The molecule has 0 fully saturated rings. The lowest BCUT2D eigenvalue weighted by Gasteiger charge is -2.18. The molecule has 88 valence electrons. The summed E-state index contributed by atoms with van der Waals surface area (Å²) in [6.07, 6.45) is 1.51. The molecule has 0 N–H and O–H groups in total. The zero-order valence-electron chi connectivity index (χ0n) is 9.30. The van der Waals surface area contributed by atoms with Crippen molar-refractivity contribution in [2.45, 2.75) is 13.3 Å². The highest BCUT2D eigenvalue weighted by molar-refractivity contribution is 5.92. The molecule has 1 aromatic heterocycles. The second-order valence-corrected chi connectivity index (χ2v) is 3.10. The van der Waals surface area contributed by atoms with E-state index in [-0.39, 0.29) is 24.0 Å². The molecule has 0 spiro atoms. The van der Waals surface area contributed by atoms with E-state index in [0.717, 1.165) is 0 Å². The predicted octanol–water partition coefficient (Wildman–Crippen LogP) is 0.700. The van der Waals surface area contributed by atoms with Crippen LogP contribution < -0.4 is 0 Å². The molecule has 0 radical (unpaired) electrons. The van der Waals surface area contributed by atoms with Crippen molar-refractivity contribution in [2.75, 3.05) is 20.2 Å². The zero-order chi connectivity index (χ0) is 12.0. The molecular weight excluding hydrogens is 212 g/mol. The number of rotatable bonds is 5. The molecule has 1 heterocycles.